The van der Waals surface area contributed by atoms with Crippen LogP contribution in [-0.2, 0) is 9.59 Å². The second-order valence-corrected chi connectivity index (χ2v) is 8.17. The summed E-state index contributed by atoms with van der Waals surface area (Å²) in [4.78, 5) is 35.1. The van der Waals surface area contributed by atoms with E-state index in [4.69, 9.17) is 9.72 Å². The number of methoxy groups -OCH3 is 1. The number of thioether (sulfide) groups is 1. The minimum absolute atomic E-state index is 0.126. The topological polar surface area (TPSA) is 83.9 Å². The molecule has 0 saturated carbocycles. The molecule has 0 radical (unpaired) electrons. The highest BCUT2D eigenvalue weighted by Gasteiger charge is 2.23. The van der Waals surface area contributed by atoms with Gasteiger partial charge in [-0.2, -0.15) is 0 Å². The van der Waals surface area contributed by atoms with Gasteiger partial charge < -0.3 is 9.64 Å². The number of anilines is 1. The minimum atomic E-state index is -0.316. The number of nitrogens with one attached hydrogen (secondary N) is 1. The maximum absolute atomic E-state index is 12.3. The van der Waals surface area contributed by atoms with E-state index >= 15 is 0 Å². The summed E-state index contributed by atoms with van der Waals surface area (Å²) in [6.07, 6.45) is 5.21. The van der Waals surface area contributed by atoms with Crippen LogP contribution >= 0.6 is 11.8 Å². The number of carbonyl (C=O) groups excluding carboxylic acids is 2. The molecule has 2 aliphatic heterocycles. The van der Waals surface area contributed by atoms with E-state index in [0.29, 0.717) is 5.17 Å². The number of ether oxygens (including phenoxy) is 1. The highest BCUT2D eigenvalue weighted by molar-refractivity contribution is 8.26. The maximum atomic E-state index is 12.3. The molecule has 29 heavy (non-hydrogen) atoms. The number of aliphatic imine (C=N–C) groups is 1. The largest absolute Gasteiger partial charge is 0.497 e. The number of amides is 1. The Hall–Kier alpha value is -2.87. The molecule has 0 bridgehead atoms. The molecule has 0 atom stereocenters. The molecule has 0 aliphatic carbocycles. The van der Waals surface area contributed by atoms with Crippen molar-refractivity contribution < 1.29 is 14.3 Å². The van der Waals surface area contributed by atoms with Crippen LogP contribution in [0.5, 0.6) is 5.75 Å². The first-order valence-corrected chi connectivity index (χ1v) is 10.4. The molecule has 1 saturated heterocycles. The van der Waals surface area contributed by atoms with Gasteiger partial charge in [-0.1, -0.05) is 0 Å². The van der Waals surface area contributed by atoms with Crippen LogP contribution in [0.25, 0.3) is 17.0 Å². The van der Waals surface area contributed by atoms with E-state index in [1.54, 1.807) is 13.2 Å². The van der Waals surface area contributed by atoms with Gasteiger partial charge in [-0.3, -0.25) is 14.9 Å². The van der Waals surface area contributed by atoms with Crippen molar-refractivity contribution in [1.29, 1.82) is 0 Å². The fourth-order valence-electron chi connectivity index (χ4n) is 3.53. The second-order valence-electron chi connectivity index (χ2n) is 7.00. The smallest absolute Gasteiger partial charge is 0.275 e. The summed E-state index contributed by atoms with van der Waals surface area (Å²) in [6.45, 7) is 3.31. The van der Waals surface area contributed by atoms with Gasteiger partial charge in [-0.05, 0) is 61.4 Å². The predicted molar refractivity (Wildman–Crippen MR) is 116 cm³/mol. The maximum Gasteiger partial charge on any atom is 0.275 e. The molecule has 0 spiro atoms. The highest BCUT2D eigenvalue weighted by Crippen LogP contribution is 2.30. The van der Waals surface area contributed by atoms with Crippen molar-refractivity contribution in [2.24, 2.45) is 4.99 Å². The number of carbonyl (C=O) groups is 2. The molecule has 2 aliphatic rings. The van der Waals surface area contributed by atoms with Crippen LogP contribution in [0, 0.1) is 0 Å². The fraction of sp³-hybridized carbons (Fsp3) is 0.333. The van der Waals surface area contributed by atoms with Gasteiger partial charge >= 0.3 is 0 Å². The Morgan fingerprint density at radius 3 is 2.76 bits per heavy atom. The molecule has 1 aromatic carbocycles. The lowest BCUT2D eigenvalue weighted by molar-refractivity contribution is -0.115. The number of aromatic nitrogens is 1. The molecular formula is C21H22N4O3S. The van der Waals surface area contributed by atoms with Gasteiger partial charge in [-0.25, -0.2) is 9.98 Å². The van der Waals surface area contributed by atoms with Gasteiger partial charge in [0.1, 0.15) is 17.3 Å². The third-order valence-corrected chi connectivity index (χ3v) is 5.57. The molecule has 3 heterocycles. The number of hydrogen-bond acceptors (Lipinski definition) is 7. The van der Waals surface area contributed by atoms with Crippen LogP contribution in [-0.4, -0.2) is 41.4 Å². The summed E-state index contributed by atoms with van der Waals surface area (Å²) in [5.74, 6) is 1.29. The Labute approximate surface area is 173 Å². The van der Waals surface area contributed by atoms with Crippen LogP contribution < -0.4 is 15.0 Å². The Kier molecular flexibility index (Phi) is 5.53. The lowest BCUT2D eigenvalue weighted by atomic mass is 10.1. The average molecular weight is 410 g/mol. The Bertz CT molecular complexity index is 1040. The Morgan fingerprint density at radius 1 is 1.24 bits per heavy atom. The van der Waals surface area contributed by atoms with Crippen molar-refractivity contribution in [3.63, 3.8) is 0 Å². The number of hydrogen-bond donors (Lipinski definition) is 1. The summed E-state index contributed by atoms with van der Waals surface area (Å²) in [5, 5.41) is 3.75. The van der Waals surface area contributed by atoms with Crippen LogP contribution in [0.2, 0.25) is 0 Å². The molecule has 1 amide bonds. The van der Waals surface area contributed by atoms with E-state index in [0.717, 1.165) is 65.7 Å². The van der Waals surface area contributed by atoms with Crippen LogP contribution in [0.15, 0.2) is 35.0 Å². The third-order valence-electron chi connectivity index (χ3n) is 4.89. The molecule has 150 valence electrons. The van der Waals surface area contributed by atoms with Gasteiger partial charge in [0, 0.05) is 31.0 Å². The van der Waals surface area contributed by atoms with Gasteiger partial charge in [0.05, 0.1) is 12.6 Å². The number of pyridine rings is 1. The number of rotatable bonds is 3. The van der Waals surface area contributed by atoms with Gasteiger partial charge in [-0.15, -0.1) is 0 Å². The predicted octanol–water partition coefficient (Wildman–Crippen LogP) is 3.34. The van der Waals surface area contributed by atoms with E-state index in [-0.39, 0.29) is 16.7 Å². The van der Waals surface area contributed by atoms with Crippen LogP contribution in [0.4, 0.5) is 5.82 Å². The number of benzene rings is 1. The van der Waals surface area contributed by atoms with E-state index in [9.17, 15) is 9.59 Å². The zero-order valence-electron chi connectivity index (χ0n) is 16.4. The Balaban J connectivity index is 1.80. The minimum Gasteiger partial charge on any atom is -0.497 e. The summed E-state index contributed by atoms with van der Waals surface area (Å²) in [6, 6.07) is 7.79. The number of amidine groups is 1. The summed E-state index contributed by atoms with van der Waals surface area (Å²) >= 11 is 0.916. The molecular weight excluding hydrogens is 388 g/mol. The van der Waals surface area contributed by atoms with Crippen molar-refractivity contribution in [3.8, 4) is 5.75 Å². The summed E-state index contributed by atoms with van der Waals surface area (Å²) in [7, 11) is 1.63. The normalized spacial score (nSPS) is 18.1. The lowest BCUT2D eigenvalue weighted by Crippen LogP contribution is -2.30. The van der Waals surface area contributed by atoms with Gasteiger partial charge in [0.25, 0.3) is 5.91 Å². The second kappa shape index (κ2) is 8.24. The quantitative estimate of drug-likeness (QED) is 0.782. The van der Waals surface area contributed by atoms with Crippen molar-refractivity contribution in [2.75, 3.05) is 25.1 Å². The van der Waals surface area contributed by atoms with Crippen molar-refractivity contribution in [1.82, 2.24) is 10.3 Å². The van der Waals surface area contributed by atoms with Crippen molar-refractivity contribution in [3.05, 3.63) is 35.5 Å². The summed E-state index contributed by atoms with van der Waals surface area (Å²) < 4.78 is 5.34. The van der Waals surface area contributed by atoms with E-state index in [1.165, 1.54) is 13.3 Å². The molecule has 1 fully saturated rings. The van der Waals surface area contributed by atoms with E-state index in [1.807, 2.05) is 24.3 Å². The zero-order chi connectivity index (χ0) is 20.4. The third kappa shape index (κ3) is 4.27. The van der Waals surface area contributed by atoms with E-state index < -0.39 is 0 Å². The standard InChI is InChI=1S/C21H22N4O3S/c1-13(26)29-21-23-18(20(27)24-21)12-15-10-14-11-16(28-2)6-7-17(14)22-19(15)25-8-4-3-5-9-25/h6-7,10-12H,3-5,8-9H2,1-2H3,(H,23,24,27)/b18-12-. The lowest BCUT2D eigenvalue weighted by Gasteiger charge is -2.29. The first kappa shape index (κ1) is 19.4. The monoisotopic (exact) mass is 410 g/mol. The molecule has 2 aromatic rings. The molecule has 8 heteroatoms. The molecule has 7 nitrogen and oxygen atoms in total. The highest BCUT2D eigenvalue weighted by atomic mass is 32.2. The van der Waals surface area contributed by atoms with Gasteiger partial charge in [0.15, 0.2) is 10.3 Å². The van der Waals surface area contributed by atoms with Crippen molar-refractivity contribution >= 4 is 50.7 Å². The fourth-order valence-corrected chi connectivity index (χ4v) is 4.09. The van der Waals surface area contributed by atoms with Crippen LogP contribution in [0.1, 0.15) is 31.7 Å². The number of nitrogens with zero attached hydrogens (tertiary/aromatic N) is 3. The van der Waals surface area contributed by atoms with Gasteiger partial charge in [0.2, 0.25) is 0 Å². The molecule has 0 unspecified atom stereocenters. The number of fused-ring (bicyclic) bond motifs is 1. The van der Waals surface area contributed by atoms with Crippen molar-refractivity contribution in [2.45, 2.75) is 26.2 Å². The van der Waals surface area contributed by atoms with E-state index in [2.05, 4.69) is 15.2 Å². The average Bonchev–Trinajstić information content (AvgIpc) is 3.05. The first-order chi connectivity index (χ1) is 14.0. The summed E-state index contributed by atoms with van der Waals surface area (Å²) in [5.41, 5.74) is 1.98. The number of piperidine rings is 1. The molecule has 1 N–H and O–H groups in total. The zero-order valence-corrected chi connectivity index (χ0v) is 17.2. The van der Waals surface area contributed by atoms with Crippen LogP contribution in [0.3, 0.4) is 0 Å². The Morgan fingerprint density at radius 2 is 2.03 bits per heavy atom. The molecule has 4 rings (SSSR count). The first-order valence-electron chi connectivity index (χ1n) is 9.57. The molecule has 1 aromatic heterocycles. The SMILES string of the molecule is COc1ccc2nc(N3CCCCC3)c(/C=C3\N=C(SC(C)=O)NC3=O)cc2c1.